The smallest absolute Gasteiger partial charge is 0.348 e. The van der Waals surface area contributed by atoms with E-state index in [1.165, 1.54) is 23.5 Å². The molecule has 0 aliphatic rings. The summed E-state index contributed by atoms with van der Waals surface area (Å²) in [6, 6.07) is 6.07. The van der Waals surface area contributed by atoms with Gasteiger partial charge in [-0.1, -0.05) is 20.3 Å². The van der Waals surface area contributed by atoms with Crippen LogP contribution in [0.2, 0.25) is 0 Å². The summed E-state index contributed by atoms with van der Waals surface area (Å²) >= 11 is 1.35. The Kier molecular flexibility index (Phi) is 7.86. The van der Waals surface area contributed by atoms with Gasteiger partial charge in [-0.3, -0.25) is 4.79 Å². The van der Waals surface area contributed by atoms with Crippen LogP contribution in [0, 0.1) is 0 Å². The van der Waals surface area contributed by atoms with Crippen LogP contribution in [0.3, 0.4) is 0 Å². The van der Waals surface area contributed by atoms with E-state index in [0.717, 1.165) is 41.8 Å². The van der Waals surface area contributed by atoms with Crippen molar-refractivity contribution < 1.29 is 31.5 Å². The van der Waals surface area contributed by atoms with Crippen molar-refractivity contribution in [2.75, 3.05) is 11.9 Å². The second-order valence-corrected chi connectivity index (χ2v) is 9.17. The summed E-state index contributed by atoms with van der Waals surface area (Å²) in [6.45, 7) is 3.52. The van der Waals surface area contributed by atoms with Gasteiger partial charge in [0.15, 0.2) is 6.61 Å². The number of hydrogen-bond acceptors (Lipinski definition) is 6. The van der Waals surface area contributed by atoms with E-state index >= 15 is 0 Å². The molecule has 158 valence electrons. The number of ether oxygens (including phenoxy) is 1. The Hall–Kier alpha value is -2.33. The van der Waals surface area contributed by atoms with E-state index < -0.39 is 39.0 Å². The molecule has 1 aromatic heterocycles. The summed E-state index contributed by atoms with van der Waals surface area (Å²) in [4.78, 5) is 25.1. The molecule has 10 heteroatoms. The quantitative estimate of drug-likeness (QED) is 0.588. The van der Waals surface area contributed by atoms with E-state index in [1.807, 2.05) is 6.92 Å². The van der Waals surface area contributed by atoms with Gasteiger partial charge in [0.1, 0.15) is 4.88 Å². The van der Waals surface area contributed by atoms with Crippen LogP contribution in [-0.2, 0) is 32.2 Å². The van der Waals surface area contributed by atoms with E-state index in [0.29, 0.717) is 4.88 Å². The lowest BCUT2D eigenvalue weighted by atomic mass is 10.1. The number of halogens is 2. The molecule has 0 fully saturated rings. The highest BCUT2D eigenvalue weighted by atomic mass is 32.2. The number of sulfone groups is 1. The fourth-order valence-corrected chi connectivity index (χ4v) is 4.51. The van der Waals surface area contributed by atoms with Crippen LogP contribution >= 0.6 is 11.3 Å². The highest BCUT2D eigenvalue weighted by Crippen LogP contribution is 2.25. The Morgan fingerprint density at radius 3 is 2.38 bits per heavy atom. The zero-order valence-corrected chi connectivity index (χ0v) is 17.5. The molecular weight excluding hydrogens is 424 g/mol. The summed E-state index contributed by atoms with van der Waals surface area (Å²) in [5.41, 5.74) is 1.28. The molecule has 6 nitrogen and oxygen atoms in total. The Morgan fingerprint density at radius 2 is 1.83 bits per heavy atom. The van der Waals surface area contributed by atoms with Gasteiger partial charge in [-0.05, 0) is 48.7 Å². The standard InChI is InChI=1S/C19H21F2NO5S2/c1-3-5-15-12(4-2)10-16(28-15)18(24)27-11-17(23)22-13-6-8-14(9-7-13)29(25,26)19(20)21/h6-10,19H,3-5,11H2,1-2H3,(H,22,23). The van der Waals surface area contributed by atoms with Crippen LogP contribution < -0.4 is 5.32 Å². The summed E-state index contributed by atoms with van der Waals surface area (Å²) in [5.74, 6) is -4.75. The van der Waals surface area contributed by atoms with Crippen LogP contribution in [0.1, 0.15) is 40.4 Å². The highest BCUT2D eigenvalue weighted by Gasteiger charge is 2.26. The predicted octanol–water partition coefficient (Wildman–Crippen LogP) is 4.05. The molecule has 1 heterocycles. The fourth-order valence-electron chi connectivity index (χ4n) is 2.54. The first kappa shape index (κ1) is 23.0. The van der Waals surface area contributed by atoms with Crippen LogP contribution in [0.4, 0.5) is 14.5 Å². The molecular formula is C19H21F2NO5S2. The summed E-state index contributed by atoms with van der Waals surface area (Å²) in [6.07, 6.45) is 2.64. The zero-order chi connectivity index (χ0) is 21.6. The molecule has 0 saturated heterocycles. The maximum Gasteiger partial charge on any atom is 0.348 e. The molecule has 0 unspecified atom stereocenters. The van der Waals surface area contributed by atoms with E-state index in [2.05, 4.69) is 12.2 Å². The molecule has 29 heavy (non-hydrogen) atoms. The van der Waals surface area contributed by atoms with Gasteiger partial charge in [0, 0.05) is 10.6 Å². The maximum absolute atomic E-state index is 12.5. The number of alkyl halides is 2. The molecule has 0 radical (unpaired) electrons. The third kappa shape index (κ3) is 5.83. The van der Waals surface area contributed by atoms with Crippen molar-refractivity contribution in [3.05, 3.63) is 45.6 Å². The van der Waals surface area contributed by atoms with Gasteiger partial charge in [-0.25, -0.2) is 13.2 Å². The molecule has 1 amide bonds. The first-order valence-electron chi connectivity index (χ1n) is 8.89. The minimum absolute atomic E-state index is 0.189. The van der Waals surface area contributed by atoms with Gasteiger partial charge < -0.3 is 10.1 Å². The molecule has 0 bridgehead atoms. The molecule has 0 aliphatic carbocycles. The number of anilines is 1. The van der Waals surface area contributed by atoms with Gasteiger partial charge >= 0.3 is 11.7 Å². The Labute approximate surface area is 171 Å². The lowest BCUT2D eigenvalue weighted by Gasteiger charge is -2.07. The number of amides is 1. The SMILES string of the molecule is CCCc1sc(C(=O)OCC(=O)Nc2ccc(S(=O)(=O)C(F)F)cc2)cc1CC. The molecule has 2 rings (SSSR count). The number of carbonyl (C=O) groups is 2. The van der Waals surface area contributed by atoms with E-state index in [1.54, 1.807) is 6.07 Å². The number of aryl methyl sites for hydroxylation is 2. The van der Waals surface area contributed by atoms with E-state index in [9.17, 15) is 26.8 Å². The lowest BCUT2D eigenvalue weighted by molar-refractivity contribution is -0.119. The van der Waals surface area contributed by atoms with Crippen molar-refractivity contribution >= 4 is 38.7 Å². The number of nitrogens with one attached hydrogen (secondary N) is 1. The zero-order valence-electron chi connectivity index (χ0n) is 15.9. The van der Waals surface area contributed by atoms with E-state index in [-0.39, 0.29) is 5.69 Å². The number of rotatable bonds is 9. The third-order valence-electron chi connectivity index (χ3n) is 3.99. The largest absolute Gasteiger partial charge is 0.451 e. The van der Waals surface area contributed by atoms with Crippen molar-refractivity contribution in [3.63, 3.8) is 0 Å². The second-order valence-electron chi connectivity index (χ2n) is 6.12. The molecule has 0 atom stereocenters. The van der Waals surface area contributed by atoms with Crippen molar-refractivity contribution in [3.8, 4) is 0 Å². The number of benzene rings is 1. The first-order valence-corrected chi connectivity index (χ1v) is 11.3. The average Bonchev–Trinajstić information content (AvgIpc) is 3.10. The Bertz CT molecular complexity index is 969. The maximum atomic E-state index is 12.5. The van der Waals surface area contributed by atoms with Gasteiger partial charge in [0.25, 0.3) is 5.91 Å². The lowest BCUT2D eigenvalue weighted by Crippen LogP contribution is -2.20. The second kappa shape index (κ2) is 9.93. The molecule has 0 spiro atoms. The minimum Gasteiger partial charge on any atom is -0.451 e. The van der Waals surface area contributed by atoms with Crippen molar-refractivity contribution in [2.24, 2.45) is 0 Å². The van der Waals surface area contributed by atoms with Gasteiger partial charge in [0.2, 0.25) is 9.84 Å². The molecule has 2 aromatic rings. The normalized spacial score (nSPS) is 11.5. The topological polar surface area (TPSA) is 89.5 Å². The van der Waals surface area contributed by atoms with Crippen molar-refractivity contribution in [2.45, 2.75) is 43.8 Å². The fraction of sp³-hybridized carbons (Fsp3) is 0.368. The van der Waals surface area contributed by atoms with Gasteiger partial charge in [-0.15, -0.1) is 11.3 Å². The Morgan fingerprint density at radius 1 is 1.17 bits per heavy atom. The van der Waals surface area contributed by atoms with E-state index in [4.69, 9.17) is 4.74 Å². The molecule has 0 saturated carbocycles. The van der Waals surface area contributed by atoms with Crippen LogP contribution in [0.5, 0.6) is 0 Å². The average molecular weight is 446 g/mol. The molecule has 1 aromatic carbocycles. The van der Waals surface area contributed by atoms with Gasteiger partial charge in [-0.2, -0.15) is 8.78 Å². The summed E-state index contributed by atoms with van der Waals surface area (Å²) < 4.78 is 52.8. The number of carbonyl (C=O) groups excluding carboxylic acids is 2. The van der Waals surface area contributed by atoms with Crippen molar-refractivity contribution in [1.29, 1.82) is 0 Å². The summed E-state index contributed by atoms with van der Waals surface area (Å²) in [7, 11) is -4.70. The van der Waals surface area contributed by atoms with Crippen LogP contribution in [0.25, 0.3) is 0 Å². The molecule has 0 aliphatic heterocycles. The van der Waals surface area contributed by atoms with Crippen LogP contribution in [-0.4, -0.2) is 32.7 Å². The minimum atomic E-state index is -4.70. The number of esters is 1. The summed E-state index contributed by atoms with van der Waals surface area (Å²) in [5, 5.41) is 2.41. The van der Waals surface area contributed by atoms with Crippen molar-refractivity contribution in [1.82, 2.24) is 0 Å². The number of thiophene rings is 1. The molecule has 1 N–H and O–H groups in total. The first-order chi connectivity index (χ1) is 13.7. The monoisotopic (exact) mass is 445 g/mol. The third-order valence-corrected chi connectivity index (χ3v) is 6.61. The highest BCUT2D eigenvalue weighted by molar-refractivity contribution is 7.91. The predicted molar refractivity (Wildman–Crippen MR) is 106 cm³/mol. The number of hydrogen-bond donors (Lipinski definition) is 1. The van der Waals surface area contributed by atoms with Gasteiger partial charge in [0.05, 0.1) is 4.90 Å². The Balaban J connectivity index is 1.94. The van der Waals surface area contributed by atoms with Crippen LogP contribution in [0.15, 0.2) is 35.2 Å².